The van der Waals surface area contributed by atoms with Crippen molar-refractivity contribution in [1.82, 2.24) is 0 Å². The molecule has 1 saturated carbocycles. The Morgan fingerprint density at radius 1 is 0.667 bits per heavy atom. The van der Waals surface area contributed by atoms with Gasteiger partial charge in [0, 0.05) is 1.43 Å². The summed E-state index contributed by atoms with van der Waals surface area (Å²) in [6, 6.07) is 31.2. The lowest BCUT2D eigenvalue weighted by Crippen LogP contribution is -2.11. The molecular formula is C26H33N. The molecule has 1 aliphatic carbocycles. The van der Waals surface area contributed by atoms with E-state index in [9.17, 15) is 0 Å². The van der Waals surface area contributed by atoms with Crippen LogP contribution in [0.15, 0.2) is 91.0 Å². The number of hydrogen-bond acceptors (Lipinski definition) is 1. The Bertz CT molecular complexity index is 726. The number of benzene rings is 3. The Balaban J connectivity index is 0.000000194. The van der Waals surface area contributed by atoms with Crippen LogP contribution in [0.3, 0.4) is 0 Å². The molecule has 1 aliphatic rings. The smallest absolute Gasteiger partial charge is 0.0551 e. The maximum atomic E-state index is 6.12. The van der Waals surface area contributed by atoms with Crippen molar-refractivity contribution in [1.29, 1.82) is 0 Å². The summed E-state index contributed by atoms with van der Waals surface area (Å²) in [5, 5.41) is 0. The first kappa shape index (κ1) is 19.4. The summed E-state index contributed by atoms with van der Waals surface area (Å²) in [6.07, 6.45) is 5.62. The van der Waals surface area contributed by atoms with Crippen LogP contribution in [0.2, 0.25) is 0 Å². The van der Waals surface area contributed by atoms with E-state index in [0.29, 0.717) is 0 Å². The largest absolute Gasteiger partial charge is 0.320 e. The molecule has 0 unspecified atom stereocenters. The fourth-order valence-corrected chi connectivity index (χ4v) is 3.83. The maximum absolute atomic E-state index is 6.12. The molecule has 0 saturated heterocycles. The van der Waals surface area contributed by atoms with Crippen LogP contribution in [0.25, 0.3) is 0 Å². The molecule has 0 bridgehead atoms. The van der Waals surface area contributed by atoms with Gasteiger partial charge >= 0.3 is 0 Å². The highest BCUT2D eigenvalue weighted by Gasteiger charge is 2.18. The molecular weight excluding hydrogens is 326 g/mol. The standard InChI is InChI=1S/C13H13N.C13H18.H2/c14-13(11-7-3-1-4-8-11)12-9-5-2-6-10-12;1-11-7-9-13(10-8-11)12-5-3-2-4-6-12;/h1-10,13H,14H2;2-6,11,13H,7-10H2,1H3;1H. The van der Waals surface area contributed by atoms with Gasteiger partial charge in [-0.25, -0.2) is 0 Å². The van der Waals surface area contributed by atoms with E-state index < -0.39 is 0 Å². The predicted octanol–water partition coefficient (Wildman–Crippen LogP) is 6.96. The topological polar surface area (TPSA) is 26.0 Å². The minimum Gasteiger partial charge on any atom is -0.320 e. The summed E-state index contributed by atoms with van der Waals surface area (Å²) < 4.78 is 0. The highest BCUT2D eigenvalue weighted by atomic mass is 14.6. The van der Waals surface area contributed by atoms with E-state index >= 15 is 0 Å². The van der Waals surface area contributed by atoms with Gasteiger partial charge in [0.15, 0.2) is 0 Å². The van der Waals surface area contributed by atoms with Crippen molar-refractivity contribution in [3.05, 3.63) is 108 Å². The van der Waals surface area contributed by atoms with Gasteiger partial charge in [0.25, 0.3) is 0 Å². The Morgan fingerprint density at radius 3 is 1.52 bits per heavy atom. The molecule has 0 heterocycles. The van der Waals surface area contributed by atoms with Crippen LogP contribution in [0.4, 0.5) is 0 Å². The number of nitrogens with two attached hydrogens (primary N) is 1. The van der Waals surface area contributed by atoms with Crippen LogP contribution < -0.4 is 5.73 Å². The lowest BCUT2D eigenvalue weighted by molar-refractivity contribution is 0.348. The van der Waals surface area contributed by atoms with E-state index in [-0.39, 0.29) is 7.47 Å². The van der Waals surface area contributed by atoms with Gasteiger partial charge in [-0.15, -0.1) is 0 Å². The lowest BCUT2D eigenvalue weighted by Gasteiger charge is -2.26. The van der Waals surface area contributed by atoms with E-state index in [1.165, 1.54) is 25.7 Å². The van der Waals surface area contributed by atoms with Gasteiger partial charge in [0.2, 0.25) is 0 Å². The summed E-state index contributed by atoms with van der Waals surface area (Å²) in [7, 11) is 0. The highest BCUT2D eigenvalue weighted by molar-refractivity contribution is 5.30. The first-order valence-electron chi connectivity index (χ1n) is 10.1. The SMILES string of the molecule is CC1CCC(c2ccccc2)CC1.NC(c1ccccc1)c1ccccc1.[HH]. The van der Waals surface area contributed by atoms with Crippen molar-refractivity contribution >= 4 is 0 Å². The Labute approximate surface area is 165 Å². The molecule has 0 aliphatic heterocycles. The first-order valence-corrected chi connectivity index (χ1v) is 10.1. The molecule has 4 rings (SSSR count). The third-order valence-corrected chi connectivity index (χ3v) is 5.60. The third kappa shape index (κ3) is 5.80. The van der Waals surface area contributed by atoms with Crippen LogP contribution in [0, 0.1) is 5.92 Å². The van der Waals surface area contributed by atoms with Crippen molar-refractivity contribution in [3.63, 3.8) is 0 Å². The molecule has 27 heavy (non-hydrogen) atoms. The van der Waals surface area contributed by atoms with Gasteiger partial charge in [-0.1, -0.05) is 111 Å². The average molecular weight is 360 g/mol. The van der Waals surface area contributed by atoms with Gasteiger partial charge in [-0.3, -0.25) is 0 Å². The van der Waals surface area contributed by atoms with Crippen LogP contribution in [0.1, 0.15) is 62.7 Å². The van der Waals surface area contributed by atoms with E-state index in [4.69, 9.17) is 5.73 Å². The molecule has 0 radical (unpaired) electrons. The van der Waals surface area contributed by atoms with Gasteiger partial charge in [-0.05, 0) is 41.4 Å². The second kappa shape index (κ2) is 10.1. The quantitative estimate of drug-likeness (QED) is 0.537. The fourth-order valence-electron chi connectivity index (χ4n) is 3.83. The highest BCUT2D eigenvalue weighted by Crippen LogP contribution is 2.35. The summed E-state index contributed by atoms with van der Waals surface area (Å²) in [4.78, 5) is 0. The zero-order valence-electron chi connectivity index (χ0n) is 16.3. The van der Waals surface area contributed by atoms with E-state index in [1.54, 1.807) is 5.56 Å². The van der Waals surface area contributed by atoms with Crippen molar-refractivity contribution in [2.45, 2.75) is 44.6 Å². The molecule has 3 aromatic rings. The van der Waals surface area contributed by atoms with Crippen LogP contribution in [-0.2, 0) is 0 Å². The zero-order valence-corrected chi connectivity index (χ0v) is 16.3. The molecule has 1 fully saturated rings. The molecule has 1 nitrogen and oxygen atoms in total. The van der Waals surface area contributed by atoms with Crippen LogP contribution in [0.5, 0.6) is 0 Å². The monoisotopic (exact) mass is 359 g/mol. The summed E-state index contributed by atoms with van der Waals surface area (Å²) in [5.41, 5.74) is 9.97. The second-order valence-corrected chi connectivity index (χ2v) is 7.67. The van der Waals surface area contributed by atoms with E-state index in [2.05, 4.69) is 61.5 Å². The zero-order chi connectivity index (χ0) is 18.9. The molecule has 0 atom stereocenters. The van der Waals surface area contributed by atoms with Gasteiger partial charge in [-0.2, -0.15) is 0 Å². The van der Waals surface area contributed by atoms with E-state index in [1.807, 2.05) is 36.4 Å². The summed E-state index contributed by atoms with van der Waals surface area (Å²) in [5.74, 6) is 1.80. The normalized spacial score (nSPS) is 19.2. The van der Waals surface area contributed by atoms with Gasteiger partial charge < -0.3 is 5.73 Å². The third-order valence-electron chi connectivity index (χ3n) is 5.60. The number of hydrogen-bond donors (Lipinski definition) is 1. The number of rotatable bonds is 3. The van der Waals surface area contributed by atoms with Crippen molar-refractivity contribution in [2.24, 2.45) is 11.7 Å². The maximum Gasteiger partial charge on any atom is 0.0551 e. The molecule has 0 amide bonds. The molecule has 1 heteroatoms. The Hall–Kier alpha value is -2.38. The fraction of sp³-hybridized carbons (Fsp3) is 0.308. The van der Waals surface area contributed by atoms with Crippen molar-refractivity contribution in [2.75, 3.05) is 0 Å². The van der Waals surface area contributed by atoms with E-state index in [0.717, 1.165) is 23.0 Å². The van der Waals surface area contributed by atoms with Crippen molar-refractivity contribution in [3.8, 4) is 0 Å². The van der Waals surface area contributed by atoms with Crippen molar-refractivity contribution < 1.29 is 1.43 Å². The van der Waals surface area contributed by atoms with Gasteiger partial charge in [0.1, 0.15) is 0 Å². The van der Waals surface area contributed by atoms with Crippen LogP contribution in [-0.4, -0.2) is 0 Å². The lowest BCUT2D eigenvalue weighted by atomic mass is 9.79. The minimum absolute atomic E-state index is 0. The van der Waals surface area contributed by atoms with Crippen LogP contribution >= 0.6 is 0 Å². The minimum atomic E-state index is -0.0163. The predicted molar refractivity (Wildman–Crippen MR) is 118 cm³/mol. The molecule has 142 valence electrons. The summed E-state index contributed by atoms with van der Waals surface area (Å²) >= 11 is 0. The molecule has 2 N–H and O–H groups in total. The first-order chi connectivity index (χ1) is 13.2. The Morgan fingerprint density at radius 2 is 1.07 bits per heavy atom. The van der Waals surface area contributed by atoms with Gasteiger partial charge in [0.05, 0.1) is 6.04 Å². The molecule has 3 aromatic carbocycles. The average Bonchev–Trinajstić information content (AvgIpc) is 2.76. The Kier molecular flexibility index (Phi) is 7.24. The second-order valence-electron chi connectivity index (χ2n) is 7.67. The summed E-state index contributed by atoms with van der Waals surface area (Å²) in [6.45, 7) is 2.38. The molecule has 0 aromatic heterocycles. The molecule has 0 spiro atoms.